The predicted molar refractivity (Wildman–Crippen MR) is 120 cm³/mol. The molecule has 7 heteroatoms. The highest BCUT2D eigenvalue weighted by Crippen LogP contribution is 2.24. The van der Waals surface area contributed by atoms with Gasteiger partial charge in [0.2, 0.25) is 0 Å². The summed E-state index contributed by atoms with van der Waals surface area (Å²) in [7, 11) is 7.39. The number of aliphatic imine (C=N–C) groups is 1. The van der Waals surface area contributed by atoms with Gasteiger partial charge >= 0.3 is 0 Å². The normalized spacial score (nSPS) is 17.6. The van der Waals surface area contributed by atoms with Crippen molar-refractivity contribution in [3.05, 3.63) is 23.8 Å². The SMILES string of the molecule is CCCCN(C)CCNC(=NC)NC1CCN(Cc2cc(OC)cc(OC)c2)C1. The Hall–Kier alpha value is -1.99. The van der Waals surface area contributed by atoms with E-state index in [4.69, 9.17) is 9.47 Å². The van der Waals surface area contributed by atoms with Crippen LogP contribution >= 0.6 is 0 Å². The number of unbranched alkanes of at least 4 members (excludes halogenated alkanes) is 1. The number of benzene rings is 1. The lowest BCUT2D eigenvalue weighted by Crippen LogP contribution is -2.46. The molecule has 1 aliphatic rings. The van der Waals surface area contributed by atoms with E-state index in [0.717, 1.165) is 63.1 Å². The standard InChI is InChI=1S/C22H39N5O2/c1-6-7-10-26(3)12-9-24-22(23-2)25-19-8-11-27(17-19)16-18-13-20(28-4)15-21(14-18)29-5/h13-15,19H,6-12,16-17H2,1-5H3,(H2,23,24,25). The third kappa shape index (κ3) is 8.11. The lowest BCUT2D eigenvalue weighted by atomic mass is 10.2. The fourth-order valence-electron chi connectivity index (χ4n) is 3.60. The van der Waals surface area contributed by atoms with Crippen molar-refractivity contribution < 1.29 is 9.47 Å². The molecular formula is C22H39N5O2. The summed E-state index contributed by atoms with van der Waals surface area (Å²) < 4.78 is 10.8. The number of hydrogen-bond acceptors (Lipinski definition) is 5. The molecule has 0 amide bonds. The Labute approximate surface area is 176 Å². The molecule has 0 bridgehead atoms. The van der Waals surface area contributed by atoms with E-state index < -0.39 is 0 Å². The van der Waals surface area contributed by atoms with Crippen LogP contribution in [-0.4, -0.2) is 82.8 Å². The summed E-state index contributed by atoms with van der Waals surface area (Å²) in [6, 6.07) is 6.48. The van der Waals surface area contributed by atoms with Crippen LogP contribution in [0.25, 0.3) is 0 Å². The Bertz CT molecular complexity index is 615. The van der Waals surface area contributed by atoms with Gasteiger partial charge in [0, 0.05) is 51.9 Å². The van der Waals surface area contributed by atoms with Crippen LogP contribution < -0.4 is 20.1 Å². The van der Waals surface area contributed by atoms with E-state index in [-0.39, 0.29) is 0 Å². The van der Waals surface area contributed by atoms with Crippen molar-refractivity contribution >= 4 is 5.96 Å². The van der Waals surface area contributed by atoms with Gasteiger partial charge in [0.15, 0.2) is 5.96 Å². The first-order valence-corrected chi connectivity index (χ1v) is 10.7. The largest absolute Gasteiger partial charge is 0.497 e. The number of rotatable bonds is 11. The summed E-state index contributed by atoms with van der Waals surface area (Å²) in [5, 5.41) is 7.02. The molecule has 1 aliphatic heterocycles. The molecule has 29 heavy (non-hydrogen) atoms. The monoisotopic (exact) mass is 405 g/mol. The summed E-state index contributed by atoms with van der Waals surface area (Å²) in [6.07, 6.45) is 3.60. The highest BCUT2D eigenvalue weighted by molar-refractivity contribution is 5.80. The molecule has 2 rings (SSSR count). The van der Waals surface area contributed by atoms with Crippen LogP contribution in [0.3, 0.4) is 0 Å². The smallest absolute Gasteiger partial charge is 0.191 e. The summed E-state index contributed by atoms with van der Waals surface area (Å²) in [4.78, 5) is 9.21. The molecule has 1 atom stereocenters. The maximum atomic E-state index is 5.39. The number of ether oxygens (including phenoxy) is 2. The second kappa shape index (κ2) is 12.5. The Morgan fingerprint density at radius 3 is 2.55 bits per heavy atom. The van der Waals surface area contributed by atoms with Crippen LogP contribution in [0.15, 0.2) is 23.2 Å². The Morgan fingerprint density at radius 1 is 1.21 bits per heavy atom. The maximum Gasteiger partial charge on any atom is 0.191 e. The number of hydrogen-bond donors (Lipinski definition) is 2. The Balaban J connectivity index is 1.77. The number of nitrogens with zero attached hydrogens (tertiary/aromatic N) is 3. The summed E-state index contributed by atoms with van der Waals surface area (Å²) in [5.41, 5.74) is 1.21. The highest BCUT2D eigenvalue weighted by Gasteiger charge is 2.23. The molecular weight excluding hydrogens is 366 g/mol. The van der Waals surface area contributed by atoms with Gasteiger partial charge in [-0.15, -0.1) is 0 Å². The molecule has 0 aromatic heterocycles. The van der Waals surface area contributed by atoms with Crippen molar-refractivity contribution in [3.8, 4) is 11.5 Å². The molecule has 1 fully saturated rings. The van der Waals surface area contributed by atoms with E-state index in [1.807, 2.05) is 13.1 Å². The van der Waals surface area contributed by atoms with Crippen molar-refractivity contribution in [3.63, 3.8) is 0 Å². The zero-order valence-electron chi connectivity index (χ0n) is 18.8. The van der Waals surface area contributed by atoms with Crippen LogP contribution in [0.5, 0.6) is 11.5 Å². The second-order valence-corrected chi connectivity index (χ2v) is 7.74. The Kier molecular flexibility index (Phi) is 10.1. The molecule has 1 unspecified atom stereocenters. The Morgan fingerprint density at radius 2 is 1.93 bits per heavy atom. The first kappa shape index (κ1) is 23.3. The van der Waals surface area contributed by atoms with E-state index in [0.29, 0.717) is 6.04 Å². The van der Waals surface area contributed by atoms with Gasteiger partial charge in [-0.25, -0.2) is 0 Å². The van der Waals surface area contributed by atoms with Crippen molar-refractivity contribution in [2.24, 2.45) is 4.99 Å². The predicted octanol–water partition coefficient (Wildman–Crippen LogP) is 2.18. The van der Waals surface area contributed by atoms with Gasteiger partial charge in [-0.3, -0.25) is 9.89 Å². The molecule has 0 spiro atoms. The maximum absolute atomic E-state index is 5.39. The van der Waals surface area contributed by atoms with E-state index in [1.54, 1.807) is 14.2 Å². The van der Waals surface area contributed by atoms with Crippen molar-refractivity contribution in [2.45, 2.75) is 38.8 Å². The van der Waals surface area contributed by atoms with Gasteiger partial charge in [0.05, 0.1) is 14.2 Å². The third-order valence-corrected chi connectivity index (χ3v) is 5.33. The summed E-state index contributed by atoms with van der Waals surface area (Å²) in [5.74, 6) is 2.56. The van der Waals surface area contributed by atoms with E-state index in [1.165, 1.54) is 18.4 Å². The number of guanidine groups is 1. The topological polar surface area (TPSA) is 61.4 Å². The number of likely N-dealkylation sites (tertiary alicyclic amines) is 1. The molecule has 7 nitrogen and oxygen atoms in total. The quantitative estimate of drug-likeness (QED) is 0.435. The molecule has 164 valence electrons. The summed E-state index contributed by atoms with van der Waals surface area (Å²) >= 11 is 0. The number of likely N-dealkylation sites (N-methyl/N-ethyl adjacent to an activating group) is 1. The molecule has 1 heterocycles. The fourth-order valence-corrected chi connectivity index (χ4v) is 3.60. The lowest BCUT2D eigenvalue weighted by Gasteiger charge is -2.21. The minimum atomic E-state index is 0.409. The van der Waals surface area contributed by atoms with Crippen LogP contribution in [0, 0.1) is 0 Å². The van der Waals surface area contributed by atoms with E-state index >= 15 is 0 Å². The van der Waals surface area contributed by atoms with Crippen molar-refractivity contribution in [1.82, 2.24) is 20.4 Å². The zero-order chi connectivity index (χ0) is 21.1. The molecule has 0 saturated carbocycles. The lowest BCUT2D eigenvalue weighted by molar-refractivity contribution is 0.321. The van der Waals surface area contributed by atoms with Gasteiger partial charge in [-0.1, -0.05) is 13.3 Å². The molecule has 2 N–H and O–H groups in total. The molecule has 1 aromatic rings. The first-order chi connectivity index (χ1) is 14.1. The number of nitrogens with one attached hydrogen (secondary N) is 2. The van der Waals surface area contributed by atoms with Crippen molar-refractivity contribution in [1.29, 1.82) is 0 Å². The highest BCUT2D eigenvalue weighted by atomic mass is 16.5. The average molecular weight is 406 g/mol. The van der Waals surface area contributed by atoms with Crippen LogP contribution in [0.4, 0.5) is 0 Å². The molecule has 1 saturated heterocycles. The van der Waals surface area contributed by atoms with E-state index in [2.05, 4.69) is 51.5 Å². The van der Waals surface area contributed by atoms with E-state index in [9.17, 15) is 0 Å². The van der Waals surface area contributed by atoms with Crippen LogP contribution in [-0.2, 0) is 6.54 Å². The summed E-state index contributed by atoms with van der Waals surface area (Å²) in [6.45, 7) is 8.25. The van der Waals surface area contributed by atoms with Gasteiger partial charge in [0.25, 0.3) is 0 Å². The molecule has 0 aliphatic carbocycles. The average Bonchev–Trinajstić information content (AvgIpc) is 3.17. The van der Waals surface area contributed by atoms with Gasteiger partial charge in [0.1, 0.15) is 11.5 Å². The number of methoxy groups -OCH3 is 2. The van der Waals surface area contributed by atoms with Crippen molar-refractivity contribution in [2.75, 3.05) is 61.0 Å². The fraction of sp³-hybridized carbons (Fsp3) is 0.682. The molecule has 0 radical (unpaired) electrons. The van der Waals surface area contributed by atoms with Gasteiger partial charge < -0.3 is 25.0 Å². The van der Waals surface area contributed by atoms with Gasteiger partial charge in [-0.2, -0.15) is 0 Å². The second-order valence-electron chi connectivity index (χ2n) is 7.74. The minimum Gasteiger partial charge on any atom is -0.497 e. The first-order valence-electron chi connectivity index (χ1n) is 10.7. The van der Waals surface area contributed by atoms with Crippen LogP contribution in [0.1, 0.15) is 31.7 Å². The minimum absolute atomic E-state index is 0.409. The molecule has 1 aromatic carbocycles. The van der Waals surface area contributed by atoms with Gasteiger partial charge in [-0.05, 0) is 44.1 Å². The van der Waals surface area contributed by atoms with Crippen LogP contribution in [0.2, 0.25) is 0 Å². The zero-order valence-corrected chi connectivity index (χ0v) is 18.8. The third-order valence-electron chi connectivity index (χ3n) is 5.33.